The predicted molar refractivity (Wildman–Crippen MR) is 129 cm³/mol. The molecule has 13 heteroatoms. The lowest BCUT2D eigenvalue weighted by atomic mass is 10.1. The van der Waals surface area contributed by atoms with Gasteiger partial charge in [-0.1, -0.05) is 22.0 Å². The number of anilines is 3. The van der Waals surface area contributed by atoms with E-state index >= 15 is 0 Å². The largest absolute Gasteiger partial charge is 0.507 e. The fourth-order valence-corrected chi connectivity index (χ4v) is 3.50. The summed E-state index contributed by atoms with van der Waals surface area (Å²) in [5.41, 5.74) is 4.24. The second kappa shape index (κ2) is 9.23. The monoisotopic (exact) mass is 535 g/mol. The van der Waals surface area contributed by atoms with Crippen molar-refractivity contribution in [3.63, 3.8) is 0 Å². The number of nitrogens with zero attached hydrogens (tertiary/aromatic N) is 5. The number of halogens is 1. The Balaban J connectivity index is 1.37. The van der Waals surface area contributed by atoms with Crippen molar-refractivity contribution >= 4 is 56.7 Å². The van der Waals surface area contributed by atoms with E-state index in [9.17, 15) is 15.0 Å². The molecule has 0 saturated carbocycles. The van der Waals surface area contributed by atoms with E-state index in [2.05, 4.69) is 52.1 Å². The highest BCUT2D eigenvalue weighted by atomic mass is 79.9. The third-order valence-corrected chi connectivity index (χ3v) is 5.20. The summed E-state index contributed by atoms with van der Waals surface area (Å²) in [6, 6.07) is 15.0. The van der Waals surface area contributed by atoms with Gasteiger partial charge in [0, 0.05) is 15.7 Å². The van der Waals surface area contributed by atoms with Crippen LogP contribution in [0.3, 0.4) is 0 Å². The molecule has 2 aromatic carbocycles. The summed E-state index contributed by atoms with van der Waals surface area (Å²) in [5, 5.41) is 33.6. The highest BCUT2D eigenvalue weighted by Gasteiger charge is 2.14. The maximum Gasteiger partial charge on any atom is 0.339 e. The molecule has 0 spiro atoms. The van der Waals surface area contributed by atoms with Crippen molar-refractivity contribution in [1.82, 2.24) is 20.3 Å². The minimum Gasteiger partial charge on any atom is -0.507 e. The maximum absolute atomic E-state index is 11.3. The van der Waals surface area contributed by atoms with Gasteiger partial charge in [-0.25, -0.2) is 14.4 Å². The summed E-state index contributed by atoms with van der Waals surface area (Å²) in [6.45, 7) is 0. The summed E-state index contributed by atoms with van der Waals surface area (Å²) in [7, 11) is 0. The zero-order valence-electron chi connectivity index (χ0n) is 17.5. The summed E-state index contributed by atoms with van der Waals surface area (Å²) in [5.74, 6) is -0.173. The maximum atomic E-state index is 11.3. The highest BCUT2D eigenvalue weighted by Crippen LogP contribution is 2.28. The van der Waals surface area contributed by atoms with Crippen molar-refractivity contribution in [2.24, 2.45) is 5.10 Å². The van der Waals surface area contributed by atoms with Gasteiger partial charge >= 0.3 is 5.97 Å². The molecule has 3 aromatic heterocycles. The zero-order chi connectivity index (χ0) is 24.4. The Morgan fingerprint density at radius 1 is 1.03 bits per heavy atom. The number of aromatic hydroxyl groups is 1. The number of carboxylic acids is 1. The Hall–Kier alpha value is -4.78. The highest BCUT2D eigenvalue weighted by molar-refractivity contribution is 9.10. The van der Waals surface area contributed by atoms with Gasteiger partial charge in [-0.3, -0.25) is 5.43 Å². The van der Waals surface area contributed by atoms with Crippen LogP contribution in [0.2, 0.25) is 0 Å². The molecule has 0 aliphatic rings. The number of nitrogens with one attached hydrogen (secondary N) is 2. The lowest BCUT2D eigenvalue weighted by Crippen LogP contribution is -2.03. The van der Waals surface area contributed by atoms with Crippen LogP contribution in [-0.2, 0) is 0 Å². The number of aromatic nitrogens is 4. The van der Waals surface area contributed by atoms with Crippen LogP contribution in [0.5, 0.6) is 5.75 Å². The molecule has 0 bridgehead atoms. The molecular formula is C22H14BrN7O5. The Morgan fingerprint density at radius 3 is 2.60 bits per heavy atom. The number of hydrazone groups is 1. The molecule has 35 heavy (non-hydrogen) atoms. The standard InChI is InChI=1S/C22H14BrN7O5/c23-12-2-1-3-13(9-12)25-18-19(27-21-20(26-18)29-35-30-21)28-24-10-14-5-7-17(34-14)11-4-6-16(31)15(8-11)22(32)33/h1-10,31H,(H,32,33)(H,25,26,29)(H,27,28,30). The molecule has 0 radical (unpaired) electrons. The number of fused-ring (bicyclic) bond motifs is 1. The van der Waals surface area contributed by atoms with E-state index in [1.54, 1.807) is 18.2 Å². The van der Waals surface area contributed by atoms with E-state index in [1.165, 1.54) is 18.3 Å². The van der Waals surface area contributed by atoms with Gasteiger partial charge in [0.25, 0.3) is 0 Å². The normalized spacial score (nSPS) is 11.2. The minimum absolute atomic E-state index is 0.198. The van der Waals surface area contributed by atoms with Gasteiger partial charge in [0.15, 0.2) is 11.6 Å². The van der Waals surface area contributed by atoms with E-state index < -0.39 is 5.97 Å². The van der Waals surface area contributed by atoms with Crippen LogP contribution < -0.4 is 10.7 Å². The van der Waals surface area contributed by atoms with Crippen molar-refractivity contribution in [2.45, 2.75) is 0 Å². The van der Waals surface area contributed by atoms with Crippen molar-refractivity contribution in [3.05, 3.63) is 70.4 Å². The van der Waals surface area contributed by atoms with Crippen molar-refractivity contribution < 1.29 is 24.1 Å². The Kier molecular flexibility index (Phi) is 5.81. The molecule has 4 N–H and O–H groups in total. The van der Waals surface area contributed by atoms with Crippen molar-refractivity contribution in [2.75, 3.05) is 10.7 Å². The van der Waals surface area contributed by atoms with E-state index in [1.807, 2.05) is 24.3 Å². The van der Waals surface area contributed by atoms with E-state index in [0.717, 1.165) is 10.2 Å². The Morgan fingerprint density at radius 2 is 1.83 bits per heavy atom. The first-order chi connectivity index (χ1) is 17.0. The molecule has 3 heterocycles. The fraction of sp³-hybridized carbons (Fsp3) is 0. The minimum atomic E-state index is -1.24. The Bertz CT molecular complexity index is 1580. The first kappa shape index (κ1) is 22.0. The van der Waals surface area contributed by atoms with Gasteiger partial charge in [0.1, 0.15) is 22.8 Å². The van der Waals surface area contributed by atoms with Crippen LogP contribution in [0.1, 0.15) is 16.1 Å². The molecule has 5 rings (SSSR count). The number of hydrogen-bond acceptors (Lipinski definition) is 11. The van der Waals surface area contributed by atoms with E-state index in [0.29, 0.717) is 22.9 Å². The van der Waals surface area contributed by atoms with Crippen LogP contribution in [0.4, 0.5) is 17.3 Å². The van der Waals surface area contributed by atoms with Crippen LogP contribution >= 0.6 is 15.9 Å². The van der Waals surface area contributed by atoms with Crippen LogP contribution in [0.25, 0.3) is 22.6 Å². The van der Waals surface area contributed by atoms with Crippen LogP contribution in [-0.4, -0.2) is 42.7 Å². The second-order valence-corrected chi connectivity index (χ2v) is 7.99. The van der Waals surface area contributed by atoms with Gasteiger partial charge in [-0.15, -0.1) is 0 Å². The second-order valence-electron chi connectivity index (χ2n) is 7.08. The molecule has 0 amide bonds. The van der Waals surface area contributed by atoms with Crippen molar-refractivity contribution in [3.8, 4) is 17.1 Å². The molecule has 0 fully saturated rings. The fourth-order valence-electron chi connectivity index (χ4n) is 3.10. The molecule has 0 aliphatic heterocycles. The van der Waals surface area contributed by atoms with Gasteiger partial charge in [0.05, 0.1) is 6.21 Å². The van der Waals surface area contributed by atoms with Gasteiger partial charge in [-0.05, 0) is 58.8 Å². The van der Waals surface area contributed by atoms with Crippen LogP contribution in [0, 0.1) is 0 Å². The topological polar surface area (TPSA) is 172 Å². The van der Waals surface area contributed by atoms with E-state index in [-0.39, 0.29) is 28.4 Å². The lowest BCUT2D eigenvalue weighted by molar-refractivity contribution is 0.0694. The predicted octanol–water partition coefficient (Wildman–Crippen LogP) is 4.63. The van der Waals surface area contributed by atoms with E-state index in [4.69, 9.17) is 9.05 Å². The molecule has 174 valence electrons. The molecule has 12 nitrogen and oxygen atoms in total. The van der Waals surface area contributed by atoms with Crippen LogP contribution in [0.15, 0.2) is 73.2 Å². The molecule has 0 saturated heterocycles. The van der Waals surface area contributed by atoms with Gasteiger partial charge < -0.3 is 19.9 Å². The number of carboxylic acid groups (broad SMARTS) is 1. The summed E-state index contributed by atoms with van der Waals surface area (Å²) < 4.78 is 11.3. The number of aromatic carboxylic acids is 1. The SMILES string of the molecule is O=C(O)c1cc(-c2ccc(C=NNc3nc4nonc4nc3Nc3cccc(Br)c3)o2)ccc1O. The average Bonchev–Trinajstić information content (AvgIpc) is 3.49. The quantitative estimate of drug-likeness (QED) is 0.169. The van der Waals surface area contributed by atoms with Gasteiger partial charge in [-0.2, -0.15) is 10.1 Å². The summed E-state index contributed by atoms with van der Waals surface area (Å²) >= 11 is 3.42. The molecule has 0 aliphatic carbocycles. The zero-order valence-corrected chi connectivity index (χ0v) is 19.1. The molecule has 0 unspecified atom stereocenters. The third-order valence-electron chi connectivity index (χ3n) is 4.70. The molecule has 0 atom stereocenters. The first-order valence-corrected chi connectivity index (χ1v) is 10.7. The van der Waals surface area contributed by atoms with Crippen molar-refractivity contribution in [1.29, 1.82) is 0 Å². The third kappa shape index (κ3) is 4.79. The number of phenols is 1. The number of hydrogen-bond donors (Lipinski definition) is 4. The number of rotatable bonds is 7. The smallest absolute Gasteiger partial charge is 0.339 e. The molecule has 5 aromatic rings. The number of benzene rings is 2. The first-order valence-electron chi connectivity index (χ1n) is 9.95. The summed E-state index contributed by atoms with van der Waals surface area (Å²) in [6.07, 6.45) is 1.41. The van der Waals surface area contributed by atoms with Gasteiger partial charge in [0.2, 0.25) is 11.3 Å². The average molecular weight is 536 g/mol. The number of carbonyl (C=O) groups is 1. The number of furan rings is 1. The Labute approximate surface area is 204 Å². The molecular weight excluding hydrogens is 522 g/mol. The summed E-state index contributed by atoms with van der Waals surface area (Å²) in [4.78, 5) is 20.0. The lowest BCUT2D eigenvalue weighted by Gasteiger charge is -2.09.